The third-order valence-corrected chi connectivity index (χ3v) is 7.31. The average molecular weight is 405 g/mol. The molecule has 28 heavy (non-hydrogen) atoms. The summed E-state index contributed by atoms with van der Waals surface area (Å²) in [5.74, 6) is 0.878. The molecule has 0 spiro atoms. The van der Waals surface area contributed by atoms with E-state index >= 15 is 0 Å². The Balaban J connectivity index is 1.82. The number of aryl methyl sites for hydroxylation is 3. The SMILES string of the molecule is COc1cc(S(=O)(=O)N2CCN(c3ccc(C)c(C)c3)CC2)c(OC)cc1C. The van der Waals surface area contributed by atoms with Crippen molar-refractivity contribution >= 4 is 15.7 Å². The highest BCUT2D eigenvalue weighted by Gasteiger charge is 2.31. The summed E-state index contributed by atoms with van der Waals surface area (Å²) in [6, 6.07) is 9.63. The Hall–Kier alpha value is -2.25. The summed E-state index contributed by atoms with van der Waals surface area (Å²) in [6.45, 7) is 8.19. The van der Waals surface area contributed by atoms with Gasteiger partial charge in [0.15, 0.2) is 0 Å². The molecule has 0 unspecified atom stereocenters. The summed E-state index contributed by atoms with van der Waals surface area (Å²) in [7, 11) is -0.654. The lowest BCUT2D eigenvalue weighted by molar-refractivity contribution is 0.370. The summed E-state index contributed by atoms with van der Waals surface area (Å²) in [5.41, 5.74) is 4.46. The van der Waals surface area contributed by atoms with Crippen molar-refractivity contribution < 1.29 is 17.9 Å². The molecule has 0 N–H and O–H groups in total. The van der Waals surface area contributed by atoms with Crippen LogP contribution in [0, 0.1) is 20.8 Å². The summed E-state index contributed by atoms with van der Waals surface area (Å²) in [5, 5.41) is 0. The molecule has 7 heteroatoms. The summed E-state index contributed by atoms with van der Waals surface area (Å²) in [6.07, 6.45) is 0. The van der Waals surface area contributed by atoms with E-state index in [9.17, 15) is 8.42 Å². The molecule has 6 nitrogen and oxygen atoms in total. The predicted molar refractivity (Wildman–Crippen MR) is 111 cm³/mol. The summed E-state index contributed by atoms with van der Waals surface area (Å²) in [4.78, 5) is 2.38. The maximum absolute atomic E-state index is 13.3. The maximum atomic E-state index is 13.3. The zero-order valence-electron chi connectivity index (χ0n) is 17.2. The van der Waals surface area contributed by atoms with Gasteiger partial charge < -0.3 is 14.4 Å². The molecule has 0 bridgehead atoms. The van der Waals surface area contributed by atoms with Gasteiger partial charge in [-0.05, 0) is 55.7 Å². The van der Waals surface area contributed by atoms with Gasteiger partial charge in [-0.2, -0.15) is 4.31 Å². The first-order valence-corrected chi connectivity index (χ1v) is 10.8. The summed E-state index contributed by atoms with van der Waals surface area (Å²) < 4.78 is 38.7. The van der Waals surface area contributed by atoms with E-state index in [1.807, 2.05) is 6.92 Å². The van der Waals surface area contributed by atoms with Gasteiger partial charge in [-0.1, -0.05) is 6.07 Å². The minimum atomic E-state index is -3.67. The molecule has 1 saturated heterocycles. The van der Waals surface area contributed by atoms with Gasteiger partial charge in [-0.15, -0.1) is 0 Å². The lowest BCUT2D eigenvalue weighted by Gasteiger charge is -2.35. The van der Waals surface area contributed by atoms with Crippen molar-refractivity contribution in [1.82, 2.24) is 4.31 Å². The number of nitrogens with zero attached hydrogens (tertiary/aromatic N) is 2. The fraction of sp³-hybridized carbons (Fsp3) is 0.429. The van der Waals surface area contributed by atoms with Gasteiger partial charge >= 0.3 is 0 Å². The van der Waals surface area contributed by atoms with Crippen LogP contribution in [0.5, 0.6) is 11.5 Å². The second-order valence-electron chi connectivity index (χ2n) is 7.13. The molecule has 2 aromatic carbocycles. The molecule has 0 amide bonds. The van der Waals surface area contributed by atoms with Gasteiger partial charge in [-0.25, -0.2) is 8.42 Å². The Morgan fingerprint density at radius 1 is 0.786 bits per heavy atom. The molecular formula is C21H28N2O4S. The number of anilines is 1. The van der Waals surface area contributed by atoms with Crippen LogP contribution in [0.1, 0.15) is 16.7 Å². The molecule has 0 atom stereocenters. The molecule has 0 radical (unpaired) electrons. The van der Waals surface area contributed by atoms with Gasteiger partial charge in [0.05, 0.1) is 14.2 Å². The highest BCUT2D eigenvalue weighted by atomic mass is 32.2. The van der Waals surface area contributed by atoms with Crippen LogP contribution < -0.4 is 14.4 Å². The van der Waals surface area contributed by atoms with Gasteiger partial charge in [0.1, 0.15) is 16.4 Å². The quantitative estimate of drug-likeness (QED) is 0.766. The highest BCUT2D eigenvalue weighted by Crippen LogP contribution is 2.34. The first-order valence-electron chi connectivity index (χ1n) is 9.33. The number of hydrogen-bond donors (Lipinski definition) is 0. The zero-order valence-corrected chi connectivity index (χ0v) is 18.0. The van der Waals surface area contributed by atoms with Crippen LogP contribution in [0.15, 0.2) is 35.2 Å². The van der Waals surface area contributed by atoms with Crippen molar-refractivity contribution in [2.45, 2.75) is 25.7 Å². The Bertz CT molecular complexity index is 965. The third kappa shape index (κ3) is 3.82. The van der Waals surface area contributed by atoms with E-state index in [1.54, 1.807) is 12.1 Å². The van der Waals surface area contributed by atoms with Gasteiger partial charge in [-0.3, -0.25) is 0 Å². The maximum Gasteiger partial charge on any atom is 0.247 e. The van der Waals surface area contributed by atoms with Crippen LogP contribution in [-0.4, -0.2) is 53.1 Å². The van der Waals surface area contributed by atoms with E-state index in [2.05, 4.69) is 36.9 Å². The minimum Gasteiger partial charge on any atom is -0.496 e. The Morgan fingerprint density at radius 2 is 1.43 bits per heavy atom. The number of piperazine rings is 1. The van der Waals surface area contributed by atoms with Gasteiger partial charge in [0, 0.05) is 37.9 Å². The third-order valence-electron chi connectivity index (χ3n) is 5.39. The molecule has 1 heterocycles. The van der Waals surface area contributed by atoms with E-state index in [0.717, 1.165) is 11.3 Å². The van der Waals surface area contributed by atoms with Crippen LogP contribution in [0.2, 0.25) is 0 Å². The van der Waals surface area contributed by atoms with Crippen molar-refractivity contribution in [2.75, 3.05) is 45.3 Å². The van der Waals surface area contributed by atoms with Crippen molar-refractivity contribution in [3.63, 3.8) is 0 Å². The van der Waals surface area contributed by atoms with Crippen LogP contribution in [-0.2, 0) is 10.0 Å². The fourth-order valence-electron chi connectivity index (χ4n) is 3.47. The van der Waals surface area contributed by atoms with E-state index in [-0.39, 0.29) is 4.90 Å². The van der Waals surface area contributed by atoms with E-state index < -0.39 is 10.0 Å². The Morgan fingerprint density at radius 3 is 2.00 bits per heavy atom. The summed E-state index contributed by atoms with van der Waals surface area (Å²) >= 11 is 0. The van der Waals surface area contributed by atoms with Gasteiger partial charge in [0.25, 0.3) is 0 Å². The standard InChI is InChI=1S/C21H28N2O4S/c1-15-6-7-18(12-16(15)2)22-8-10-23(11-9-22)28(24,25)21-14-19(26-4)17(3)13-20(21)27-5/h6-7,12-14H,8-11H2,1-5H3. The predicted octanol–water partition coefficient (Wildman–Crippen LogP) is 3.14. The molecule has 1 aliphatic heterocycles. The number of methoxy groups -OCH3 is 2. The first kappa shape index (κ1) is 20.5. The lowest BCUT2D eigenvalue weighted by atomic mass is 10.1. The Kier molecular flexibility index (Phi) is 5.86. The average Bonchev–Trinajstić information content (AvgIpc) is 2.69. The molecule has 152 valence electrons. The normalized spacial score (nSPS) is 15.5. The number of hydrogen-bond acceptors (Lipinski definition) is 5. The van der Waals surface area contributed by atoms with Crippen LogP contribution in [0.4, 0.5) is 5.69 Å². The largest absolute Gasteiger partial charge is 0.496 e. The van der Waals surface area contributed by atoms with Crippen molar-refractivity contribution in [3.05, 3.63) is 47.0 Å². The van der Waals surface area contributed by atoms with E-state index in [4.69, 9.17) is 9.47 Å². The van der Waals surface area contributed by atoms with E-state index in [1.165, 1.54) is 29.7 Å². The number of rotatable bonds is 5. The molecule has 1 fully saturated rings. The molecule has 2 aromatic rings. The number of sulfonamides is 1. The van der Waals surface area contributed by atoms with Crippen LogP contribution in [0.3, 0.4) is 0 Å². The number of ether oxygens (including phenoxy) is 2. The van der Waals surface area contributed by atoms with Crippen molar-refractivity contribution in [3.8, 4) is 11.5 Å². The fourth-order valence-corrected chi connectivity index (χ4v) is 5.05. The second-order valence-corrected chi connectivity index (χ2v) is 9.04. The van der Waals surface area contributed by atoms with Crippen LogP contribution >= 0.6 is 0 Å². The van der Waals surface area contributed by atoms with Crippen molar-refractivity contribution in [1.29, 1.82) is 0 Å². The lowest BCUT2D eigenvalue weighted by Crippen LogP contribution is -2.48. The second kappa shape index (κ2) is 8.01. The minimum absolute atomic E-state index is 0.150. The first-order chi connectivity index (χ1) is 13.3. The molecule has 0 saturated carbocycles. The molecule has 1 aliphatic rings. The monoisotopic (exact) mass is 404 g/mol. The highest BCUT2D eigenvalue weighted by molar-refractivity contribution is 7.89. The van der Waals surface area contributed by atoms with E-state index in [0.29, 0.717) is 37.7 Å². The topological polar surface area (TPSA) is 59.1 Å². The molecule has 3 rings (SSSR count). The van der Waals surface area contributed by atoms with Gasteiger partial charge in [0.2, 0.25) is 10.0 Å². The number of benzene rings is 2. The Labute approximate surface area is 167 Å². The van der Waals surface area contributed by atoms with Crippen LogP contribution in [0.25, 0.3) is 0 Å². The van der Waals surface area contributed by atoms with Crippen molar-refractivity contribution in [2.24, 2.45) is 0 Å². The molecule has 0 aromatic heterocycles. The molecular weight excluding hydrogens is 376 g/mol. The smallest absolute Gasteiger partial charge is 0.247 e. The zero-order chi connectivity index (χ0) is 20.5. The molecule has 0 aliphatic carbocycles.